The van der Waals surface area contributed by atoms with Crippen LogP contribution in [0.3, 0.4) is 0 Å². The lowest BCUT2D eigenvalue weighted by molar-refractivity contribution is -0.117. The van der Waals surface area contributed by atoms with Crippen molar-refractivity contribution < 1.29 is 14.7 Å². The van der Waals surface area contributed by atoms with E-state index in [2.05, 4.69) is 10.6 Å². The molecule has 0 unspecified atom stereocenters. The molecule has 1 heterocycles. The van der Waals surface area contributed by atoms with E-state index in [9.17, 15) is 14.7 Å². The Kier molecular flexibility index (Phi) is 6.73. The minimum absolute atomic E-state index is 0.0336. The second-order valence-corrected chi connectivity index (χ2v) is 9.39. The van der Waals surface area contributed by atoms with E-state index in [0.717, 1.165) is 44.1 Å². The van der Waals surface area contributed by atoms with Crippen molar-refractivity contribution in [2.45, 2.75) is 44.6 Å². The molecule has 2 aromatic rings. The Labute approximate surface area is 185 Å². The van der Waals surface area contributed by atoms with Crippen LogP contribution in [0.4, 0.5) is 10.7 Å². The van der Waals surface area contributed by atoms with Gasteiger partial charge in [-0.1, -0.05) is 11.6 Å². The zero-order valence-electron chi connectivity index (χ0n) is 16.7. The average Bonchev–Trinajstić information content (AvgIpc) is 3.50. The van der Waals surface area contributed by atoms with Gasteiger partial charge in [0, 0.05) is 28.2 Å². The zero-order valence-corrected chi connectivity index (χ0v) is 18.3. The number of anilines is 2. The first-order valence-electron chi connectivity index (χ1n) is 10.4. The summed E-state index contributed by atoms with van der Waals surface area (Å²) in [6.45, 7) is 0.751. The molecule has 0 aliphatic heterocycles. The van der Waals surface area contributed by atoms with E-state index < -0.39 is 0 Å². The average molecular weight is 448 g/mol. The summed E-state index contributed by atoms with van der Waals surface area (Å²) in [6, 6.07) is 7.37. The van der Waals surface area contributed by atoms with Crippen LogP contribution < -0.4 is 10.6 Å². The summed E-state index contributed by atoms with van der Waals surface area (Å²) in [5.41, 5.74) is 2.31. The van der Waals surface area contributed by atoms with Crippen LogP contribution in [0.5, 0.6) is 0 Å². The highest BCUT2D eigenvalue weighted by Gasteiger charge is 2.31. The molecule has 2 aliphatic rings. The SMILES string of the molecule is O=C(CN(CCO)C1CC1)Nc1sc2c(c1C(=O)Nc1ccc(Cl)cc1)CCCC2. The molecule has 0 spiro atoms. The van der Waals surface area contributed by atoms with Crippen LogP contribution in [0.1, 0.15) is 46.5 Å². The third-order valence-electron chi connectivity index (χ3n) is 5.55. The summed E-state index contributed by atoms with van der Waals surface area (Å²) in [5.74, 6) is -0.351. The van der Waals surface area contributed by atoms with E-state index in [0.29, 0.717) is 33.9 Å². The van der Waals surface area contributed by atoms with Gasteiger partial charge in [-0.2, -0.15) is 0 Å². The van der Waals surface area contributed by atoms with Gasteiger partial charge in [0.1, 0.15) is 5.00 Å². The maximum absolute atomic E-state index is 13.1. The number of aliphatic hydroxyl groups is 1. The zero-order chi connectivity index (χ0) is 21.1. The third kappa shape index (κ3) is 5.03. The van der Waals surface area contributed by atoms with Gasteiger partial charge in [0.15, 0.2) is 0 Å². The molecule has 1 saturated carbocycles. The number of aryl methyl sites for hydroxylation is 1. The lowest BCUT2D eigenvalue weighted by atomic mass is 9.95. The monoisotopic (exact) mass is 447 g/mol. The Bertz CT molecular complexity index is 924. The smallest absolute Gasteiger partial charge is 0.258 e. The first-order chi connectivity index (χ1) is 14.5. The van der Waals surface area contributed by atoms with Gasteiger partial charge in [0.25, 0.3) is 5.91 Å². The lowest BCUT2D eigenvalue weighted by Gasteiger charge is -2.20. The number of carbonyl (C=O) groups excluding carboxylic acids is 2. The Morgan fingerprint density at radius 1 is 1.13 bits per heavy atom. The van der Waals surface area contributed by atoms with E-state index in [4.69, 9.17) is 11.6 Å². The van der Waals surface area contributed by atoms with E-state index in [1.165, 1.54) is 16.2 Å². The van der Waals surface area contributed by atoms with E-state index in [1.54, 1.807) is 24.3 Å². The van der Waals surface area contributed by atoms with Crippen molar-refractivity contribution >= 4 is 45.4 Å². The number of fused-ring (bicyclic) bond motifs is 1. The molecule has 2 amide bonds. The van der Waals surface area contributed by atoms with E-state index in [-0.39, 0.29) is 25.0 Å². The number of nitrogens with one attached hydrogen (secondary N) is 2. The predicted molar refractivity (Wildman–Crippen MR) is 121 cm³/mol. The molecule has 30 heavy (non-hydrogen) atoms. The van der Waals surface area contributed by atoms with Gasteiger partial charge in [-0.05, 0) is 68.4 Å². The lowest BCUT2D eigenvalue weighted by Crippen LogP contribution is -2.37. The largest absolute Gasteiger partial charge is 0.395 e. The molecular formula is C22H26ClN3O3S. The number of halogens is 1. The van der Waals surface area contributed by atoms with E-state index in [1.807, 2.05) is 4.90 Å². The molecule has 0 saturated heterocycles. The molecule has 3 N–H and O–H groups in total. The molecule has 0 atom stereocenters. The van der Waals surface area contributed by atoms with Gasteiger partial charge in [0.05, 0.1) is 18.7 Å². The van der Waals surface area contributed by atoms with Gasteiger partial charge >= 0.3 is 0 Å². The standard InChI is InChI=1S/C22H26ClN3O3S/c23-14-5-7-15(8-6-14)24-21(29)20-17-3-1-2-4-18(17)30-22(20)25-19(28)13-26(11-12-27)16-9-10-16/h5-8,16,27H,1-4,9-13H2,(H,24,29)(H,25,28). The maximum atomic E-state index is 13.1. The topological polar surface area (TPSA) is 81.7 Å². The van der Waals surface area contributed by atoms with Crippen molar-refractivity contribution in [2.24, 2.45) is 0 Å². The van der Waals surface area contributed by atoms with Gasteiger partial charge in [-0.25, -0.2) is 0 Å². The molecule has 0 radical (unpaired) electrons. The number of nitrogens with zero attached hydrogens (tertiary/aromatic N) is 1. The number of carbonyl (C=O) groups is 2. The molecule has 1 fully saturated rings. The van der Waals surface area contributed by atoms with Crippen LogP contribution in [-0.4, -0.2) is 47.6 Å². The fourth-order valence-electron chi connectivity index (χ4n) is 3.93. The quantitative estimate of drug-likeness (QED) is 0.572. The summed E-state index contributed by atoms with van der Waals surface area (Å²) in [5, 5.41) is 16.4. The van der Waals surface area contributed by atoms with Crippen LogP contribution in [0.15, 0.2) is 24.3 Å². The molecule has 0 bridgehead atoms. The van der Waals surface area contributed by atoms with Crippen molar-refractivity contribution in [3.05, 3.63) is 45.3 Å². The molecular weight excluding hydrogens is 422 g/mol. The van der Waals surface area contributed by atoms with Crippen LogP contribution >= 0.6 is 22.9 Å². The van der Waals surface area contributed by atoms with Gasteiger partial charge in [-0.15, -0.1) is 11.3 Å². The highest BCUT2D eigenvalue weighted by molar-refractivity contribution is 7.17. The summed E-state index contributed by atoms with van der Waals surface area (Å²) in [7, 11) is 0. The van der Waals surface area contributed by atoms with Gasteiger partial charge < -0.3 is 15.7 Å². The minimum atomic E-state index is -0.207. The molecule has 2 aliphatic carbocycles. The van der Waals surface area contributed by atoms with Crippen LogP contribution in [0, 0.1) is 0 Å². The molecule has 1 aromatic heterocycles. The number of thiophene rings is 1. The van der Waals surface area contributed by atoms with Crippen LogP contribution in [-0.2, 0) is 17.6 Å². The highest BCUT2D eigenvalue weighted by atomic mass is 35.5. The number of hydrogen-bond donors (Lipinski definition) is 3. The normalized spacial score (nSPS) is 15.7. The fraction of sp³-hybridized carbons (Fsp3) is 0.455. The third-order valence-corrected chi connectivity index (χ3v) is 7.01. The Morgan fingerprint density at radius 3 is 2.57 bits per heavy atom. The Hall–Kier alpha value is -1.93. The number of aliphatic hydroxyl groups excluding tert-OH is 1. The van der Waals surface area contributed by atoms with Gasteiger partial charge in [-0.3, -0.25) is 14.5 Å². The first-order valence-corrected chi connectivity index (χ1v) is 11.6. The number of hydrogen-bond acceptors (Lipinski definition) is 5. The summed E-state index contributed by atoms with van der Waals surface area (Å²) in [6.07, 6.45) is 6.07. The van der Waals surface area contributed by atoms with Crippen molar-refractivity contribution in [3.8, 4) is 0 Å². The molecule has 1 aromatic carbocycles. The summed E-state index contributed by atoms with van der Waals surface area (Å²) >= 11 is 7.45. The molecule has 6 nitrogen and oxygen atoms in total. The van der Waals surface area contributed by atoms with Crippen LogP contribution in [0.2, 0.25) is 5.02 Å². The van der Waals surface area contributed by atoms with Crippen molar-refractivity contribution in [3.63, 3.8) is 0 Å². The second-order valence-electron chi connectivity index (χ2n) is 7.85. The number of benzene rings is 1. The summed E-state index contributed by atoms with van der Waals surface area (Å²) in [4.78, 5) is 29.1. The maximum Gasteiger partial charge on any atom is 0.258 e. The molecule has 4 rings (SSSR count). The van der Waals surface area contributed by atoms with Crippen LogP contribution in [0.25, 0.3) is 0 Å². The molecule has 160 valence electrons. The fourth-order valence-corrected chi connectivity index (χ4v) is 5.36. The second kappa shape index (κ2) is 9.47. The Morgan fingerprint density at radius 2 is 1.87 bits per heavy atom. The van der Waals surface area contributed by atoms with Crippen molar-refractivity contribution in [2.75, 3.05) is 30.3 Å². The first kappa shape index (κ1) is 21.3. The summed E-state index contributed by atoms with van der Waals surface area (Å²) < 4.78 is 0. The molecule has 8 heteroatoms. The predicted octanol–water partition coefficient (Wildman–Crippen LogP) is 3.93. The van der Waals surface area contributed by atoms with Crippen molar-refractivity contribution in [1.29, 1.82) is 0 Å². The number of amides is 2. The Balaban J connectivity index is 1.53. The minimum Gasteiger partial charge on any atom is -0.395 e. The number of rotatable bonds is 8. The van der Waals surface area contributed by atoms with Gasteiger partial charge in [0.2, 0.25) is 5.91 Å². The highest BCUT2D eigenvalue weighted by Crippen LogP contribution is 2.38. The van der Waals surface area contributed by atoms with E-state index >= 15 is 0 Å². The van der Waals surface area contributed by atoms with Crippen molar-refractivity contribution in [1.82, 2.24) is 4.90 Å².